The Balaban J connectivity index is 2.18. The predicted octanol–water partition coefficient (Wildman–Crippen LogP) is 2.94. The van der Waals surface area contributed by atoms with E-state index in [0.717, 1.165) is 0 Å². The van der Waals surface area contributed by atoms with Crippen LogP contribution in [0.5, 0.6) is 0 Å². The van der Waals surface area contributed by atoms with Gasteiger partial charge >= 0.3 is 6.09 Å². The van der Waals surface area contributed by atoms with Crippen molar-refractivity contribution in [1.29, 1.82) is 0 Å². The van der Waals surface area contributed by atoms with Crippen molar-refractivity contribution in [3.8, 4) is 0 Å². The molecule has 0 spiro atoms. The molecular formula is C15H18BrN3O5. The molecule has 0 radical (unpaired) electrons. The molecule has 24 heavy (non-hydrogen) atoms. The Kier molecular flexibility index (Phi) is 5.12. The summed E-state index contributed by atoms with van der Waals surface area (Å²) < 4.78 is 5.88. The van der Waals surface area contributed by atoms with Crippen LogP contribution in [-0.2, 0) is 9.53 Å². The zero-order chi connectivity index (χ0) is 18.1. The zero-order valence-corrected chi connectivity index (χ0v) is 15.2. The first kappa shape index (κ1) is 18.2. The van der Waals surface area contributed by atoms with Gasteiger partial charge in [0.25, 0.3) is 5.69 Å². The number of ether oxygens (including phenoxy) is 1. The van der Waals surface area contributed by atoms with Crippen molar-refractivity contribution < 1.29 is 19.2 Å². The minimum atomic E-state index is -0.652. The van der Waals surface area contributed by atoms with Crippen LogP contribution in [0.3, 0.4) is 0 Å². The highest BCUT2D eigenvalue weighted by Gasteiger charge is 2.33. The molecule has 8 nitrogen and oxygen atoms in total. The maximum Gasteiger partial charge on any atom is 0.410 e. The van der Waals surface area contributed by atoms with E-state index in [1.807, 2.05) is 0 Å². The molecule has 1 aromatic rings. The number of anilines is 1. The van der Waals surface area contributed by atoms with Crippen LogP contribution in [0.15, 0.2) is 22.7 Å². The van der Waals surface area contributed by atoms with Crippen LogP contribution in [0.2, 0.25) is 0 Å². The van der Waals surface area contributed by atoms with Gasteiger partial charge in [0.2, 0.25) is 5.91 Å². The zero-order valence-electron chi connectivity index (χ0n) is 13.6. The number of hydrogen-bond acceptors (Lipinski definition) is 5. The number of piperazine rings is 1. The molecule has 0 aromatic heterocycles. The first-order chi connectivity index (χ1) is 11.1. The maximum atomic E-state index is 12.4. The number of amides is 2. The Hall–Kier alpha value is -2.16. The van der Waals surface area contributed by atoms with Crippen LogP contribution in [0.4, 0.5) is 16.2 Å². The average molecular weight is 400 g/mol. The molecule has 0 saturated carbocycles. The molecule has 0 bridgehead atoms. The van der Waals surface area contributed by atoms with Crippen molar-refractivity contribution in [1.82, 2.24) is 4.90 Å². The number of rotatable bonds is 2. The molecule has 0 unspecified atom stereocenters. The minimum absolute atomic E-state index is 0.155. The number of hydrogen-bond donors (Lipinski definition) is 0. The van der Waals surface area contributed by atoms with E-state index in [4.69, 9.17) is 4.74 Å². The molecule has 2 rings (SSSR count). The molecule has 0 atom stereocenters. The van der Waals surface area contributed by atoms with Crippen LogP contribution < -0.4 is 4.90 Å². The summed E-state index contributed by atoms with van der Waals surface area (Å²) in [6, 6.07) is 4.41. The Morgan fingerprint density at radius 1 is 1.33 bits per heavy atom. The fraction of sp³-hybridized carbons (Fsp3) is 0.467. The number of nitro groups is 1. The summed E-state index contributed by atoms with van der Waals surface area (Å²) in [7, 11) is 0. The van der Waals surface area contributed by atoms with E-state index in [9.17, 15) is 19.7 Å². The highest BCUT2D eigenvalue weighted by Crippen LogP contribution is 2.32. The van der Waals surface area contributed by atoms with Gasteiger partial charge in [0, 0.05) is 23.6 Å². The molecule has 1 fully saturated rings. The van der Waals surface area contributed by atoms with E-state index >= 15 is 0 Å². The highest BCUT2D eigenvalue weighted by molar-refractivity contribution is 9.10. The third kappa shape index (κ3) is 4.22. The van der Waals surface area contributed by atoms with E-state index in [1.54, 1.807) is 26.8 Å². The van der Waals surface area contributed by atoms with Crippen LogP contribution >= 0.6 is 15.9 Å². The number of nitro benzene ring substituents is 1. The van der Waals surface area contributed by atoms with E-state index in [2.05, 4.69) is 15.9 Å². The third-order valence-electron chi connectivity index (χ3n) is 3.30. The Bertz CT molecular complexity index is 686. The molecule has 130 valence electrons. The summed E-state index contributed by atoms with van der Waals surface area (Å²) in [6.45, 7) is 5.45. The van der Waals surface area contributed by atoms with Gasteiger partial charge in [0.1, 0.15) is 17.8 Å². The summed E-state index contributed by atoms with van der Waals surface area (Å²) >= 11 is 3.25. The second kappa shape index (κ2) is 6.76. The summed E-state index contributed by atoms with van der Waals surface area (Å²) in [6.07, 6.45) is -0.570. The second-order valence-corrected chi connectivity index (χ2v) is 7.25. The monoisotopic (exact) mass is 399 g/mol. The third-order valence-corrected chi connectivity index (χ3v) is 3.79. The van der Waals surface area contributed by atoms with Gasteiger partial charge in [-0.15, -0.1) is 0 Å². The van der Waals surface area contributed by atoms with Crippen molar-refractivity contribution >= 4 is 39.3 Å². The molecule has 1 aliphatic heterocycles. The van der Waals surface area contributed by atoms with Gasteiger partial charge in [-0.3, -0.25) is 19.8 Å². The Morgan fingerprint density at radius 3 is 2.54 bits per heavy atom. The molecule has 1 aromatic carbocycles. The van der Waals surface area contributed by atoms with Gasteiger partial charge in [0.15, 0.2) is 0 Å². The summed E-state index contributed by atoms with van der Waals surface area (Å²) in [5.41, 5.74) is -0.596. The summed E-state index contributed by atoms with van der Waals surface area (Å²) in [5.74, 6) is -0.395. The van der Waals surface area contributed by atoms with Crippen LogP contribution in [0, 0.1) is 10.1 Å². The first-order valence-electron chi connectivity index (χ1n) is 7.31. The van der Waals surface area contributed by atoms with E-state index < -0.39 is 22.5 Å². The van der Waals surface area contributed by atoms with Gasteiger partial charge in [-0.2, -0.15) is 0 Å². The number of halogens is 1. The summed E-state index contributed by atoms with van der Waals surface area (Å²) in [4.78, 5) is 37.7. The molecule has 0 N–H and O–H groups in total. The van der Waals surface area contributed by atoms with Gasteiger partial charge in [0.05, 0.1) is 4.92 Å². The molecule has 0 aliphatic carbocycles. The molecule has 9 heteroatoms. The topological polar surface area (TPSA) is 93.0 Å². The smallest absolute Gasteiger partial charge is 0.410 e. The minimum Gasteiger partial charge on any atom is -0.444 e. The van der Waals surface area contributed by atoms with Gasteiger partial charge in [-0.05, 0) is 32.9 Å². The summed E-state index contributed by atoms with van der Waals surface area (Å²) in [5, 5.41) is 11.2. The Labute approximate surface area is 147 Å². The van der Waals surface area contributed by atoms with Crippen molar-refractivity contribution in [2.24, 2.45) is 0 Å². The van der Waals surface area contributed by atoms with Gasteiger partial charge in [-0.25, -0.2) is 4.79 Å². The molecule has 1 saturated heterocycles. The fourth-order valence-electron chi connectivity index (χ4n) is 2.28. The van der Waals surface area contributed by atoms with Crippen molar-refractivity contribution in [3.05, 3.63) is 32.8 Å². The molecule has 2 amide bonds. The van der Waals surface area contributed by atoms with Gasteiger partial charge < -0.3 is 9.64 Å². The number of nitrogens with zero attached hydrogens (tertiary/aromatic N) is 3. The fourth-order valence-corrected chi connectivity index (χ4v) is 2.63. The molecule has 1 aliphatic rings. The largest absolute Gasteiger partial charge is 0.444 e. The maximum absolute atomic E-state index is 12.4. The first-order valence-corrected chi connectivity index (χ1v) is 8.10. The lowest BCUT2D eigenvalue weighted by atomic mass is 10.2. The van der Waals surface area contributed by atoms with E-state index in [-0.39, 0.29) is 31.0 Å². The molecular weight excluding hydrogens is 382 g/mol. The number of carbonyl (C=O) groups is 2. The number of benzene rings is 1. The van der Waals surface area contributed by atoms with Crippen LogP contribution in [0.1, 0.15) is 20.8 Å². The van der Waals surface area contributed by atoms with E-state index in [1.165, 1.54) is 21.9 Å². The highest BCUT2D eigenvalue weighted by atomic mass is 79.9. The van der Waals surface area contributed by atoms with Gasteiger partial charge in [-0.1, -0.05) is 15.9 Å². The van der Waals surface area contributed by atoms with Crippen molar-refractivity contribution in [2.75, 3.05) is 24.5 Å². The quantitative estimate of drug-likeness (QED) is 0.562. The van der Waals surface area contributed by atoms with Crippen molar-refractivity contribution in [3.63, 3.8) is 0 Å². The lowest BCUT2D eigenvalue weighted by Crippen LogP contribution is -2.53. The van der Waals surface area contributed by atoms with Crippen LogP contribution in [0.25, 0.3) is 0 Å². The lowest BCUT2D eigenvalue weighted by Gasteiger charge is -2.35. The number of carbonyl (C=O) groups excluding carboxylic acids is 2. The second-order valence-electron chi connectivity index (χ2n) is 6.34. The Morgan fingerprint density at radius 2 is 2.00 bits per heavy atom. The van der Waals surface area contributed by atoms with Crippen molar-refractivity contribution in [2.45, 2.75) is 26.4 Å². The SMILES string of the molecule is CC(C)(C)OC(=O)N1CCN(c2cc(Br)ccc2[N+](=O)[O-])C(=O)C1. The average Bonchev–Trinajstić information content (AvgIpc) is 2.44. The predicted molar refractivity (Wildman–Crippen MR) is 91.0 cm³/mol. The van der Waals surface area contributed by atoms with E-state index in [0.29, 0.717) is 4.47 Å². The lowest BCUT2D eigenvalue weighted by molar-refractivity contribution is -0.384. The van der Waals surface area contributed by atoms with Crippen LogP contribution in [-0.4, -0.2) is 47.1 Å². The standard InChI is InChI=1S/C15H18BrN3O5/c1-15(2,3)24-14(21)17-6-7-18(13(20)9-17)12-8-10(16)4-5-11(12)19(22)23/h4-5,8H,6-7,9H2,1-3H3. The normalized spacial score (nSPS) is 15.4. The molecule has 1 heterocycles.